The van der Waals surface area contributed by atoms with Crippen molar-refractivity contribution in [2.75, 3.05) is 39.3 Å². The van der Waals surface area contributed by atoms with Gasteiger partial charge >= 0.3 is 0 Å². The predicted octanol–water partition coefficient (Wildman–Crippen LogP) is 1.94. The lowest BCUT2D eigenvalue weighted by Crippen LogP contribution is -2.37. The zero-order chi connectivity index (χ0) is 18.2. The van der Waals surface area contributed by atoms with Crippen LogP contribution in [-0.2, 0) is 17.6 Å². The summed E-state index contributed by atoms with van der Waals surface area (Å²) >= 11 is 0. The van der Waals surface area contributed by atoms with Crippen molar-refractivity contribution in [1.82, 2.24) is 15.5 Å². The third-order valence-electron chi connectivity index (χ3n) is 5.45. The Labute approximate surface area is 156 Å². The summed E-state index contributed by atoms with van der Waals surface area (Å²) in [6, 6.07) is 6.02. The molecule has 0 unspecified atom stereocenters. The smallest absolute Gasteiger partial charge is 0.220 e. The molecule has 0 radical (unpaired) electrons. The predicted molar refractivity (Wildman–Crippen MR) is 104 cm³/mol. The molecule has 1 amide bonds. The molecule has 0 aliphatic carbocycles. The van der Waals surface area contributed by atoms with Crippen molar-refractivity contribution in [1.29, 1.82) is 0 Å². The SMILES string of the molecule is O=C(CCC(=O)c1ccc2c(c1)CCNCC2)NCCN1CCCCC1. The molecule has 26 heavy (non-hydrogen) atoms. The Balaban J connectivity index is 1.40. The van der Waals surface area contributed by atoms with Crippen molar-refractivity contribution in [3.8, 4) is 0 Å². The number of likely N-dealkylation sites (tertiary alicyclic amines) is 1. The summed E-state index contributed by atoms with van der Waals surface area (Å²) in [7, 11) is 0. The Hall–Kier alpha value is -1.72. The van der Waals surface area contributed by atoms with E-state index in [1.165, 1.54) is 30.4 Å². The van der Waals surface area contributed by atoms with Gasteiger partial charge in [-0.25, -0.2) is 0 Å². The number of benzene rings is 1. The molecule has 3 rings (SSSR count). The lowest BCUT2D eigenvalue weighted by atomic mass is 9.97. The minimum Gasteiger partial charge on any atom is -0.355 e. The van der Waals surface area contributed by atoms with Crippen LogP contribution in [0.4, 0.5) is 0 Å². The van der Waals surface area contributed by atoms with Crippen molar-refractivity contribution in [2.45, 2.75) is 44.9 Å². The number of ketones is 1. The number of nitrogens with zero attached hydrogens (tertiary/aromatic N) is 1. The van der Waals surface area contributed by atoms with Gasteiger partial charge in [0.1, 0.15) is 0 Å². The van der Waals surface area contributed by atoms with Gasteiger partial charge in [0.25, 0.3) is 0 Å². The summed E-state index contributed by atoms with van der Waals surface area (Å²) in [5, 5.41) is 6.34. The van der Waals surface area contributed by atoms with Gasteiger partial charge in [-0.2, -0.15) is 0 Å². The highest BCUT2D eigenvalue weighted by molar-refractivity contribution is 5.98. The first-order chi connectivity index (χ1) is 12.7. The van der Waals surface area contributed by atoms with Crippen LogP contribution in [0.25, 0.3) is 0 Å². The van der Waals surface area contributed by atoms with Crippen LogP contribution in [0.3, 0.4) is 0 Å². The van der Waals surface area contributed by atoms with E-state index in [0.29, 0.717) is 6.54 Å². The van der Waals surface area contributed by atoms with E-state index in [9.17, 15) is 9.59 Å². The summed E-state index contributed by atoms with van der Waals surface area (Å²) in [4.78, 5) is 26.8. The van der Waals surface area contributed by atoms with Crippen molar-refractivity contribution in [3.05, 3.63) is 34.9 Å². The van der Waals surface area contributed by atoms with E-state index in [-0.39, 0.29) is 24.5 Å². The number of carbonyl (C=O) groups is 2. The van der Waals surface area contributed by atoms with E-state index in [4.69, 9.17) is 0 Å². The van der Waals surface area contributed by atoms with Crippen molar-refractivity contribution >= 4 is 11.7 Å². The van der Waals surface area contributed by atoms with Crippen LogP contribution >= 0.6 is 0 Å². The molecule has 5 nitrogen and oxygen atoms in total. The van der Waals surface area contributed by atoms with Crippen LogP contribution < -0.4 is 10.6 Å². The Morgan fingerprint density at radius 2 is 1.77 bits per heavy atom. The summed E-state index contributed by atoms with van der Waals surface area (Å²) in [6.07, 6.45) is 6.39. The first kappa shape index (κ1) is 19.1. The molecule has 1 aromatic rings. The van der Waals surface area contributed by atoms with Crippen LogP contribution in [0.5, 0.6) is 0 Å². The average Bonchev–Trinajstić information content (AvgIpc) is 2.91. The lowest BCUT2D eigenvalue weighted by molar-refractivity contribution is -0.121. The maximum Gasteiger partial charge on any atom is 0.220 e. The number of Topliss-reactive ketones (excluding diaryl/α,β-unsaturated/α-hetero) is 1. The molecule has 0 bridgehead atoms. The summed E-state index contributed by atoms with van der Waals surface area (Å²) in [6.45, 7) is 5.84. The zero-order valence-corrected chi connectivity index (χ0v) is 15.7. The Bertz CT molecular complexity index is 624. The monoisotopic (exact) mass is 357 g/mol. The van der Waals surface area contributed by atoms with Gasteiger partial charge in [-0.3, -0.25) is 9.59 Å². The second-order valence-electron chi connectivity index (χ2n) is 7.41. The standard InChI is InChI=1S/C21H31N3O2/c25-20(19-5-4-17-8-10-22-11-9-18(17)16-19)6-7-21(26)23-12-15-24-13-2-1-3-14-24/h4-5,16,22H,1-3,6-15H2,(H,23,26). The molecular weight excluding hydrogens is 326 g/mol. The van der Waals surface area contributed by atoms with Gasteiger partial charge in [-0.15, -0.1) is 0 Å². The first-order valence-electron chi connectivity index (χ1n) is 10.1. The van der Waals surface area contributed by atoms with Gasteiger partial charge in [-0.1, -0.05) is 18.6 Å². The topological polar surface area (TPSA) is 61.4 Å². The fourth-order valence-electron chi connectivity index (χ4n) is 3.84. The minimum atomic E-state index is -0.0191. The number of amides is 1. The molecule has 1 aromatic carbocycles. The van der Waals surface area contributed by atoms with E-state index >= 15 is 0 Å². The van der Waals surface area contributed by atoms with Gasteiger partial charge in [-0.05, 0) is 69.1 Å². The first-order valence-corrected chi connectivity index (χ1v) is 10.1. The second-order valence-corrected chi connectivity index (χ2v) is 7.41. The molecule has 0 spiro atoms. The van der Waals surface area contributed by atoms with Gasteiger partial charge in [0.15, 0.2) is 5.78 Å². The van der Waals surface area contributed by atoms with E-state index in [0.717, 1.165) is 51.1 Å². The minimum absolute atomic E-state index is 0.0191. The van der Waals surface area contributed by atoms with E-state index in [1.807, 2.05) is 12.1 Å². The van der Waals surface area contributed by atoms with Crippen LogP contribution in [-0.4, -0.2) is 55.9 Å². The molecule has 142 valence electrons. The molecule has 0 atom stereocenters. The Kier molecular flexibility index (Phi) is 7.21. The van der Waals surface area contributed by atoms with Crippen LogP contribution in [0.1, 0.15) is 53.6 Å². The third-order valence-corrected chi connectivity index (χ3v) is 5.45. The number of piperidine rings is 1. The normalized spacial score (nSPS) is 18.0. The third kappa shape index (κ3) is 5.64. The zero-order valence-electron chi connectivity index (χ0n) is 15.7. The highest BCUT2D eigenvalue weighted by atomic mass is 16.2. The fraction of sp³-hybridized carbons (Fsp3) is 0.619. The number of fused-ring (bicyclic) bond motifs is 1. The van der Waals surface area contributed by atoms with E-state index in [1.54, 1.807) is 0 Å². The molecule has 2 heterocycles. The van der Waals surface area contributed by atoms with Gasteiger partial charge in [0.05, 0.1) is 0 Å². The molecule has 1 saturated heterocycles. The molecule has 1 fully saturated rings. The molecule has 2 N–H and O–H groups in total. The van der Waals surface area contributed by atoms with Crippen LogP contribution in [0.15, 0.2) is 18.2 Å². The lowest BCUT2D eigenvalue weighted by Gasteiger charge is -2.26. The Morgan fingerprint density at radius 1 is 1.00 bits per heavy atom. The van der Waals surface area contributed by atoms with Gasteiger partial charge in [0, 0.05) is 31.5 Å². The van der Waals surface area contributed by atoms with Crippen molar-refractivity contribution in [2.24, 2.45) is 0 Å². The number of hydrogen-bond donors (Lipinski definition) is 2. The molecule has 0 aromatic heterocycles. The Morgan fingerprint density at radius 3 is 2.58 bits per heavy atom. The summed E-state index contributed by atoms with van der Waals surface area (Å²) in [5.41, 5.74) is 3.35. The van der Waals surface area contributed by atoms with Crippen LogP contribution in [0, 0.1) is 0 Å². The maximum atomic E-state index is 12.4. The molecule has 5 heteroatoms. The highest BCUT2D eigenvalue weighted by Crippen LogP contribution is 2.17. The quantitative estimate of drug-likeness (QED) is 0.732. The number of hydrogen-bond acceptors (Lipinski definition) is 4. The number of rotatable bonds is 7. The maximum absolute atomic E-state index is 12.4. The van der Waals surface area contributed by atoms with Crippen LogP contribution in [0.2, 0.25) is 0 Å². The van der Waals surface area contributed by atoms with Gasteiger partial charge < -0.3 is 15.5 Å². The molecule has 2 aliphatic heterocycles. The number of nitrogens with one attached hydrogen (secondary N) is 2. The molecule has 0 saturated carbocycles. The van der Waals surface area contributed by atoms with Gasteiger partial charge in [0.2, 0.25) is 5.91 Å². The second kappa shape index (κ2) is 9.83. The highest BCUT2D eigenvalue weighted by Gasteiger charge is 2.14. The summed E-state index contributed by atoms with van der Waals surface area (Å²) < 4.78 is 0. The largest absolute Gasteiger partial charge is 0.355 e. The van der Waals surface area contributed by atoms with E-state index in [2.05, 4.69) is 21.6 Å². The van der Waals surface area contributed by atoms with Crippen molar-refractivity contribution < 1.29 is 9.59 Å². The van der Waals surface area contributed by atoms with E-state index < -0.39 is 0 Å². The molecule has 2 aliphatic rings. The summed E-state index contributed by atoms with van der Waals surface area (Å²) in [5.74, 6) is 0.0468. The fourth-order valence-corrected chi connectivity index (χ4v) is 3.84. The molecular formula is C21H31N3O2. The average molecular weight is 357 g/mol. The van der Waals surface area contributed by atoms with Crippen molar-refractivity contribution in [3.63, 3.8) is 0 Å². The number of carbonyl (C=O) groups excluding carboxylic acids is 2.